The van der Waals surface area contributed by atoms with Crippen molar-refractivity contribution in [1.82, 2.24) is 4.98 Å². The lowest BCUT2D eigenvalue weighted by Gasteiger charge is -2.23. The Morgan fingerprint density at radius 1 is 1.26 bits per heavy atom. The van der Waals surface area contributed by atoms with E-state index in [9.17, 15) is 9.18 Å². The van der Waals surface area contributed by atoms with Crippen LogP contribution in [0.2, 0.25) is 0 Å². The molecule has 1 heterocycles. The molecule has 1 aromatic carbocycles. The highest BCUT2D eigenvalue weighted by Gasteiger charge is 2.28. The Bertz CT molecular complexity index is 624. The molecule has 3 rings (SSSR count). The predicted molar refractivity (Wildman–Crippen MR) is 70.6 cm³/mol. The summed E-state index contributed by atoms with van der Waals surface area (Å²) < 4.78 is 13.2. The van der Waals surface area contributed by atoms with E-state index in [-0.39, 0.29) is 17.5 Å². The summed E-state index contributed by atoms with van der Waals surface area (Å²) in [4.78, 5) is 16.9. The molecule has 0 radical (unpaired) electrons. The van der Waals surface area contributed by atoms with E-state index in [4.69, 9.17) is 0 Å². The minimum absolute atomic E-state index is 0.0286. The Labute approximate surface area is 111 Å². The quantitative estimate of drug-likeness (QED) is 0.768. The SMILES string of the molecule is O=C(c1cccc(F)c1)C1CCCc2cccnc21. The van der Waals surface area contributed by atoms with Crippen molar-refractivity contribution in [3.05, 3.63) is 65.2 Å². The van der Waals surface area contributed by atoms with Crippen LogP contribution in [0, 0.1) is 5.82 Å². The van der Waals surface area contributed by atoms with Gasteiger partial charge in [-0.15, -0.1) is 0 Å². The van der Waals surface area contributed by atoms with Crippen molar-refractivity contribution in [2.45, 2.75) is 25.2 Å². The van der Waals surface area contributed by atoms with Gasteiger partial charge in [0.2, 0.25) is 0 Å². The maximum atomic E-state index is 13.2. The summed E-state index contributed by atoms with van der Waals surface area (Å²) in [6.45, 7) is 0. The van der Waals surface area contributed by atoms with Crippen molar-refractivity contribution < 1.29 is 9.18 Å². The van der Waals surface area contributed by atoms with Crippen molar-refractivity contribution in [2.75, 3.05) is 0 Å². The summed E-state index contributed by atoms with van der Waals surface area (Å²) in [5.41, 5.74) is 2.44. The number of fused-ring (bicyclic) bond motifs is 1. The summed E-state index contributed by atoms with van der Waals surface area (Å²) in [5.74, 6) is -0.631. The first-order valence-corrected chi connectivity index (χ1v) is 6.49. The van der Waals surface area contributed by atoms with Gasteiger partial charge in [0.25, 0.3) is 0 Å². The third-order valence-electron chi connectivity index (χ3n) is 3.62. The first-order valence-electron chi connectivity index (χ1n) is 6.49. The fourth-order valence-electron chi connectivity index (χ4n) is 2.71. The molecule has 0 aliphatic heterocycles. The summed E-state index contributed by atoms with van der Waals surface area (Å²) in [7, 11) is 0. The number of carbonyl (C=O) groups is 1. The van der Waals surface area contributed by atoms with Crippen LogP contribution in [0.15, 0.2) is 42.6 Å². The monoisotopic (exact) mass is 255 g/mol. The van der Waals surface area contributed by atoms with Crippen LogP contribution in [0.3, 0.4) is 0 Å². The largest absolute Gasteiger partial charge is 0.293 e. The zero-order chi connectivity index (χ0) is 13.2. The summed E-state index contributed by atoms with van der Waals surface area (Å²) in [6, 6.07) is 9.82. The van der Waals surface area contributed by atoms with Gasteiger partial charge >= 0.3 is 0 Å². The second-order valence-electron chi connectivity index (χ2n) is 4.87. The third kappa shape index (κ3) is 2.28. The number of hydrogen-bond acceptors (Lipinski definition) is 2. The molecule has 0 saturated heterocycles. The van der Waals surface area contributed by atoms with E-state index in [1.807, 2.05) is 12.1 Å². The lowest BCUT2D eigenvalue weighted by molar-refractivity contribution is 0.0948. The van der Waals surface area contributed by atoms with Gasteiger partial charge in [0.05, 0.1) is 11.6 Å². The molecule has 0 saturated carbocycles. The molecule has 2 nitrogen and oxygen atoms in total. The Balaban J connectivity index is 1.98. The average Bonchev–Trinajstić information content (AvgIpc) is 2.46. The first-order chi connectivity index (χ1) is 9.25. The maximum Gasteiger partial charge on any atom is 0.172 e. The molecule has 0 N–H and O–H groups in total. The first kappa shape index (κ1) is 12.0. The van der Waals surface area contributed by atoms with E-state index in [1.165, 1.54) is 12.1 Å². The maximum absolute atomic E-state index is 13.2. The zero-order valence-electron chi connectivity index (χ0n) is 10.5. The van der Waals surface area contributed by atoms with Crippen LogP contribution in [-0.4, -0.2) is 10.8 Å². The highest BCUT2D eigenvalue weighted by Crippen LogP contribution is 2.32. The normalized spacial score (nSPS) is 17.8. The molecule has 3 heteroatoms. The van der Waals surface area contributed by atoms with Gasteiger partial charge in [-0.2, -0.15) is 0 Å². The summed E-state index contributed by atoms with van der Waals surface area (Å²) >= 11 is 0. The molecular formula is C16H14FNO. The Morgan fingerprint density at radius 2 is 2.16 bits per heavy atom. The molecule has 0 fully saturated rings. The number of pyridine rings is 1. The van der Waals surface area contributed by atoms with Crippen LogP contribution in [0.25, 0.3) is 0 Å². The minimum atomic E-state index is -0.372. The second-order valence-corrected chi connectivity index (χ2v) is 4.87. The molecule has 19 heavy (non-hydrogen) atoms. The zero-order valence-corrected chi connectivity index (χ0v) is 10.5. The number of rotatable bonds is 2. The molecule has 1 unspecified atom stereocenters. The van der Waals surface area contributed by atoms with Gasteiger partial charge in [0.15, 0.2) is 5.78 Å². The second kappa shape index (κ2) is 4.92. The number of hydrogen-bond donors (Lipinski definition) is 0. The van der Waals surface area contributed by atoms with Crippen molar-refractivity contribution in [3.63, 3.8) is 0 Å². The van der Waals surface area contributed by atoms with E-state index >= 15 is 0 Å². The molecule has 1 aromatic heterocycles. The fourth-order valence-corrected chi connectivity index (χ4v) is 2.71. The molecule has 0 bridgehead atoms. The van der Waals surface area contributed by atoms with E-state index in [0.717, 1.165) is 30.5 Å². The molecule has 1 aliphatic carbocycles. The highest BCUT2D eigenvalue weighted by atomic mass is 19.1. The van der Waals surface area contributed by atoms with Gasteiger partial charge in [-0.3, -0.25) is 9.78 Å². The van der Waals surface area contributed by atoms with Crippen molar-refractivity contribution in [2.24, 2.45) is 0 Å². The van der Waals surface area contributed by atoms with Crippen LogP contribution < -0.4 is 0 Å². The van der Waals surface area contributed by atoms with Crippen molar-refractivity contribution in [3.8, 4) is 0 Å². The van der Waals surface area contributed by atoms with E-state index in [0.29, 0.717) is 5.56 Å². The highest BCUT2D eigenvalue weighted by molar-refractivity contribution is 6.01. The Hall–Kier alpha value is -2.03. The standard InChI is InChI=1S/C16H14FNO/c17-13-7-1-5-12(10-13)16(19)14-8-2-4-11-6-3-9-18-15(11)14/h1,3,5-7,9-10,14H,2,4,8H2. The molecule has 0 spiro atoms. The lowest BCUT2D eigenvalue weighted by atomic mass is 9.82. The number of nitrogens with zero attached hydrogens (tertiary/aromatic N) is 1. The van der Waals surface area contributed by atoms with Crippen LogP contribution in [-0.2, 0) is 6.42 Å². The predicted octanol–water partition coefficient (Wildman–Crippen LogP) is 3.52. The van der Waals surface area contributed by atoms with Crippen LogP contribution in [0.1, 0.15) is 40.4 Å². The number of aromatic nitrogens is 1. The molecule has 1 atom stereocenters. The van der Waals surface area contributed by atoms with Gasteiger partial charge in [-0.1, -0.05) is 18.2 Å². The number of carbonyl (C=O) groups excluding carboxylic acids is 1. The van der Waals surface area contributed by atoms with Gasteiger partial charge in [-0.05, 0) is 43.0 Å². The van der Waals surface area contributed by atoms with Gasteiger partial charge in [0, 0.05) is 11.8 Å². The fraction of sp³-hybridized carbons (Fsp3) is 0.250. The van der Waals surface area contributed by atoms with E-state index < -0.39 is 0 Å². The molecule has 1 aliphatic rings. The Kier molecular flexibility index (Phi) is 3.11. The Morgan fingerprint density at radius 3 is 3.00 bits per heavy atom. The van der Waals surface area contributed by atoms with Crippen LogP contribution in [0.5, 0.6) is 0 Å². The van der Waals surface area contributed by atoms with Crippen molar-refractivity contribution in [1.29, 1.82) is 0 Å². The van der Waals surface area contributed by atoms with Gasteiger partial charge in [-0.25, -0.2) is 4.39 Å². The number of Topliss-reactive ketones (excluding diaryl/α,β-unsaturated/α-hetero) is 1. The minimum Gasteiger partial charge on any atom is -0.293 e. The number of halogens is 1. The van der Waals surface area contributed by atoms with E-state index in [1.54, 1.807) is 18.3 Å². The molecule has 0 amide bonds. The summed E-state index contributed by atoms with van der Waals surface area (Å²) in [6.07, 6.45) is 4.45. The number of ketones is 1. The van der Waals surface area contributed by atoms with Gasteiger partial charge in [0.1, 0.15) is 5.82 Å². The molecule has 96 valence electrons. The summed E-state index contributed by atoms with van der Waals surface area (Å²) in [5, 5.41) is 0. The molecule has 2 aromatic rings. The van der Waals surface area contributed by atoms with E-state index in [2.05, 4.69) is 4.98 Å². The van der Waals surface area contributed by atoms with Crippen molar-refractivity contribution >= 4 is 5.78 Å². The third-order valence-corrected chi connectivity index (χ3v) is 3.62. The number of benzene rings is 1. The van der Waals surface area contributed by atoms with Crippen LogP contribution >= 0.6 is 0 Å². The topological polar surface area (TPSA) is 30.0 Å². The van der Waals surface area contributed by atoms with Crippen LogP contribution in [0.4, 0.5) is 4.39 Å². The lowest BCUT2D eigenvalue weighted by Crippen LogP contribution is -2.20. The van der Waals surface area contributed by atoms with Gasteiger partial charge < -0.3 is 0 Å². The smallest absolute Gasteiger partial charge is 0.172 e. The molecular weight excluding hydrogens is 241 g/mol. The number of aryl methyl sites for hydroxylation is 1. The average molecular weight is 255 g/mol.